The summed E-state index contributed by atoms with van der Waals surface area (Å²) in [6.07, 6.45) is 6.15. The summed E-state index contributed by atoms with van der Waals surface area (Å²) in [6, 6.07) is 10.5. The maximum atomic E-state index is 3.47. The molecule has 1 rings (SSSR count). The highest BCUT2D eigenvalue weighted by molar-refractivity contribution is 5.85. The number of hydrogen-bond donors (Lipinski definition) is 1. The van der Waals surface area contributed by atoms with Crippen LogP contribution in [0.3, 0.4) is 0 Å². The Hall–Kier alpha value is -0.790. The molecule has 2 heteroatoms. The predicted octanol–water partition coefficient (Wildman–Crippen LogP) is 4.29. The van der Waals surface area contributed by atoms with Crippen LogP contribution in [0.15, 0.2) is 35.9 Å². The number of halogens is 1. The third-order valence-electron chi connectivity index (χ3n) is 2.57. The number of rotatable bonds is 7. The number of nitrogens with one attached hydrogen (secondary N) is 1. The van der Waals surface area contributed by atoms with E-state index in [4.69, 9.17) is 0 Å². The number of benzene rings is 1. The Kier molecular flexibility index (Phi) is 9.89. The molecule has 0 unspecified atom stereocenters. The van der Waals surface area contributed by atoms with Gasteiger partial charge in [-0.15, -0.1) is 12.4 Å². The van der Waals surface area contributed by atoms with Gasteiger partial charge < -0.3 is 5.32 Å². The van der Waals surface area contributed by atoms with Gasteiger partial charge in [0, 0.05) is 6.54 Å². The molecule has 17 heavy (non-hydrogen) atoms. The van der Waals surface area contributed by atoms with Crippen LogP contribution in [0.1, 0.15) is 38.7 Å². The van der Waals surface area contributed by atoms with Gasteiger partial charge in [0.2, 0.25) is 0 Å². The Bertz CT molecular complexity index is 306. The van der Waals surface area contributed by atoms with E-state index in [0.717, 1.165) is 13.1 Å². The topological polar surface area (TPSA) is 12.0 Å². The molecule has 0 aliphatic carbocycles. The summed E-state index contributed by atoms with van der Waals surface area (Å²) in [5.41, 5.74) is 2.68. The molecule has 0 saturated carbocycles. The molecular weight excluding hydrogens is 230 g/mol. The van der Waals surface area contributed by atoms with E-state index in [9.17, 15) is 0 Å². The monoisotopic (exact) mass is 253 g/mol. The fourth-order valence-electron chi connectivity index (χ4n) is 1.67. The molecule has 1 N–H and O–H groups in total. The first-order valence-electron chi connectivity index (χ1n) is 6.26. The highest BCUT2D eigenvalue weighted by atomic mass is 35.5. The van der Waals surface area contributed by atoms with Gasteiger partial charge in [0.1, 0.15) is 0 Å². The van der Waals surface area contributed by atoms with E-state index in [1.54, 1.807) is 0 Å². The summed E-state index contributed by atoms with van der Waals surface area (Å²) in [4.78, 5) is 0. The van der Waals surface area contributed by atoms with E-state index in [1.807, 2.05) is 0 Å². The summed E-state index contributed by atoms with van der Waals surface area (Å²) >= 11 is 0. The Labute approximate surface area is 112 Å². The first kappa shape index (κ1) is 16.2. The Morgan fingerprint density at radius 3 is 2.53 bits per heavy atom. The second kappa shape index (κ2) is 10.4. The summed E-state index contributed by atoms with van der Waals surface area (Å²) < 4.78 is 0. The molecule has 0 atom stereocenters. The second-order valence-corrected chi connectivity index (χ2v) is 4.29. The van der Waals surface area contributed by atoms with Crippen LogP contribution >= 0.6 is 12.4 Å². The van der Waals surface area contributed by atoms with Gasteiger partial charge in [0.25, 0.3) is 0 Å². The van der Waals surface area contributed by atoms with Crippen molar-refractivity contribution in [2.45, 2.75) is 33.1 Å². The zero-order valence-corrected chi connectivity index (χ0v) is 11.7. The van der Waals surface area contributed by atoms with Gasteiger partial charge in [-0.25, -0.2) is 0 Å². The van der Waals surface area contributed by atoms with Crippen molar-refractivity contribution in [3.63, 3.8) is 0 Å². The highest BCUT2D eigenvalue weighted by Crippen LogP contribution is 2.05. The van der Waals surface area contributed by atoms with E-state index in [2.05, 4.69) is 55.6 Å². The minimum Gasteiger partial charge on any atom is -0.313 e. The smallest absolute Gasteiger partial charge is 0.0165 e. The molecule has 96 valence electrons. The van der Waals surface area contributed by atoms with Gasteiger partial charge in [0.05, 0.1) is 0 Å². The predicted molar refractivity (Wildman–Crippen MR) is 79.7 cm³/mol. The quantitative estimate of drug-likeness (QED) is 0.715. The summed E-state index contributed by atoms with van der Waals surface area (Å²) in [5.74, 6) is 0. The lowest BCUT2D eigenvalue weighted by Gasteiger charge is -2.04. The standard InChI is InChI=1S/C15H23N.ClH/c1-3-4-8-11-16-13-14(2)12-15-9-6-5-7-10-15;/h5-7,9-10,12,16H,3-4,8,11,13H2,1-2H3;1H/b14-12+;. The van der Waals surface area contributed by atoms with Gasteiger partial charge in [-0.3, -0.25) is 0 Å². The van der Waals surface area contributed by atoms with E-state index in [-0.39, 0.29) is 12.4 Å². The second-order valence-electron chi connectivity index (χ2n) is 4.29. The van der Waals surface area contributed by atoms with Crippen molar-refractivity contribution in [1.29, 1.82) is 0 Å². The van der Waals surface area contributed by atoms with Crippen LogP contribution in [0, 0.1) is 0 Å². The first-order valence-corrected chi connectivity index (χ1v) is 6.26. The van der Waals surface area contributed by atoms with E-state index >= 15 is 0 Å². The van der Waals surface area contributed by atoms with Crippen molar-refractivity contribution in [1.82, 2.24) is 5.32 Å². The molecule has 0 aliphatic heterocycles. The van der Waals surface area contributed by atoms with Crippen molar-refractivity contribution in [3.8, 4) is 0 Å². The maximum absolute atomic E-state index is 3.47. The zero-order valence-electron chi connectivity index (χ0n) is 10.9. The van der Waals surface area contributed by atoms with Crippen molar-refractivity contribution in [2.24, 2.45) is 0 Å². The third kappa shape index (κ3) is 8.00. The summed E-state index contributed by atoms with van der Waals surface area (Å²) in [7, 11) is 0. The van der Waals surface area contributed by atoms with Crippen molar-refractivity contribution in [2.75, 3.05) is 13.1 Å². The average molecular weight is 254 g/mol. The van der Waals surface area contributed by atoms with Crippen LogP contribution in [-0.4, -0.2) is 13.1 Å². The average Bonchev–Trinajstić information content (AvgIpc) is 2.30. The molecule has 0 aliphatic rings. The zero-order chi connectivity index (χ0) is 11.6. The SMILES string of the molecule is CCCCCNC/C(C)=C/c1ccccc1.Cl. The van der Waals surface area contributed by atoms with Gasteiger partial charge in [-0.2, -0.15) is 0 Å². The molecule has 0 saturated heterocycles. The van der Waals surface area contributed by atoms with E-state index in [1.165, 1.54) is 30.4 Å². The molecule has 1 nitrogen and oxygen atoms in total. The molecule has 0 heterocycles. The molecule has 0 fully saturated rings. The molecule has 0 bridgehead atoms. The lowest BCUT2D eigenvalue weighted by atomic mass is 10.1. The van der Waals surface area contributed by atoms with Crippen LogP contribution in [0.2, 0.25) is 0 Å². The van der Waals surface area contributed by atoms with Crippen LogP contribution in [0.4, 0.5) is 0 Å². The number of hydrogen-bond acceptors (Lipinski definition) is 1. The third-order valence-corrected chi connectivity index (χ3v) is 2.57. The van der Waals surface area contributed by atoms with Crippen LogP contribution < -0.4 is 5.32 Å². The van der Waals surface area contributed by atoms with Gasteiger partial charge >= 0.3 is 0 Å². The molecule has 1 aromatic carbocycles. The normalized spacial score (nSPS) is 11.1. The van der Waals surface area contributed by atoms with E-state index in [0.29, 0.717) is 0 Å². The van der Waals surface area contributed by atoms with Crippen molar-refractivity contribution >= 4 is 18.5 Å². The largest absolute Gasteiger partial charge is 0.313 e. The summed E-state index contributed by atoms with van der Waals surface area (Å²) in [5, 5.41) is 3.47. The van der Waals surface area contributed by atoms with Crippen LogP contribution in [0.5, 0.6) is 0 Å². The molecular formula is C15H24ClN. The summed E-state index contributed by atoms with van der Waals surface area (Å²) in [6.45, 7) is 6.55. The highest BCUT2D eigenvalue weighted by Gasteiger charge is 1.91. The lowest BCUT2D eigenvalue weighted by molar-refractivity contribution is 0.640. The van der Waals surface area contributed by atoms with Crippen LogP contribution in [0.25, 0.3) is 6.08 Å². The molecule has 1 aromatic rings. The van der Waals surface area contributed by atoms with Crippen molar-refractivity contribution < 1.29 is 0 Å². The van der Waals surface area contributed by atoms with Gasteiger partial charge in [0.15, 0.2) is 0 Å². The Balaban J connectivity index is 0.00000256. The molecule has 0 spiro atoms. The molecule has 0 aromatic heterocycles. The first-order chi connectivity index (χ1) is 7.83. The Morgan fingerprint density at radius 1 is 1.18 bits per heavy atom. The van der Waals surface area contributed by atoms with E-state index < -0.39 is 0 Å². The minimum atomic E-state index is 0. The van der Waals surface area contributed by atoms with Crippen LogP contribution in [-0.2, 0) is 0 Å². The maximum Gasteiger partial charge on any atom is 0.0165 e. The van der Waals surface area contributed by atoms with Gasteiger partial charge in [-0.1, -0.05) is 61.7 Å². The van der Waals surface area contributed by atoms with Crippen molar-refractivity contribution in [3.05, 3.63) is 41.5 Å². The molecule has 0 amide bonds. The fraction of sp³-hybridized carbons (Fsp3) is 0.467. The lowest BCUT2D eigenvalue weighted by Crippen LogP contribution is -2.17. The fourth-order valence-corrected chi connectivity index (χ4v) is 1.67. The number of unbranched alkanes of at least 4 members (excludes halogenated alkanes) is 2. The molecule has 0 radical (unpaired) electrons. The minimum absolute atomic E-state index is 0. The van der Waals surface area contributed by atoms with Gasteiger partial charge in [-0.05, 0) is 25.5 Å². The Morgan fingerprint density at radius 2 is 1.88 bits per heavy atom.